The molecule has 0 saturated heterocycles. The molecule has 0 aliphatic carbocycles. The number of aromatic nitrogens is 3. The molecular weight excluding hydrogens is 461 g/mol. The van der Waals surface area contributed by atoms with Crippen molar-refractivity contribution < 1.29 is 9.18 Å². The van der Waals surface area contributed by atoms with Crippen molar-refractivity contribution in [1.82, 2.24) is 14.8 Å². The maximum atomic E-state index is 14.6. The van der Waals surface area contributed by atoms with Crippen LogP contribution < -0.4 is 10.2 Å². The van der Waals surface area contributed by atoms with E-state index < -0.39 is 0 Å². The number of nitrogens with zero attached hydrogens (tertiary/aromatic N) is 4. The van der Waals surface area contributed by atoms with E-state index in [-0.39, 0.29) is 17.5 Å². The molecule has 1 N–H and O–H groups in total. The molecule has 0 aliphatic rings. The zero-order valence-corrected chi connectivity index (χ0v) is 20.8. The van der Waals surface area contributed by atoms with Gasteiger partial charge in [-0.15, -0.1) is 10.2 Å². The number of carbonyl (C=O) groups is 1. The Balaban J connectivity index is 1.53. The van der Waals surface area contributed by atoms with Crippen LogP contribution >= 0.6 is 11.8 Å². The number of hydrogen-bond acceptors (Lipinski definition) is 5. The van der Waals surface area contributed by atoms with Crippen molar-refractivity contribution >= 4 is 29.0 Å². The van der Waals surface area contributed by atoms with E-state index in [1.54, 1.807) is 22.8 Å². The van der Waals surface area contributed by atoms with Gasteiger partial charge in [-0.2, -0.15) is 0 Å². The van der Waals surface area contributed by atoms with Crippen molar-refractivity contribution in [2.45, 2.75) is 25.9 Å². The second kappa shape index (κ2) is 11.2. The lowest BCUT2D eigenvalue weighted by Crippen LogP contribution is -2.21. The summed E-state index contributed by atoms with van der Waals surface area (Å²) in [6.07, 6.45) is 0. The van der Waals surface area contributed by atoms with Crippen LogP contribution in [0.2, 0.25) is 0 Å². The molecular formula is C27H28FN5OS. The Labute approximate surface area is 209 Å². The largest absolute Gasteiger partial charge is 0.372 e. The Morgan fingerprint density at radius 1 is 0.971 bits per heavy atom. The van der Waals surface area contributed by atoms with Crippen molar-refractivity contribution in [3.8, 4) is 17.1 Å². The zero-order valence-electron chi connectivity index (χ0n) is 20.0. The fourth-order valence-electron chi connectivity index (χ4n) is 3.78. The van der Waals surface area contributed by atoms with E-state index in [4.69, 9.17) is 0 Å². The van der Waals surface area contributed by atoms with E-state index in [1.165, 1.54) is 17.8 Å². The van der Waals surface area contributed by atoms with Gasteiger partial charge in [-0.3, -0.25) is 9.36 Å². The van der Waals surface area contributed by atoms with Crippen molar-refractivity contribution in [2.75, 3.05) is 29.1 Å². The van der Waals surface area contributed by atoms with Crippen LogP contribution in [0.4, 0.5) is 15.8 Å². The highest BCUT2D eigenvalue weighted by atomic mass is 32.2. The first-order chi connectivity index (χ1) is 17.0. The van der Waals surface area contributed by atoms with E-state index in [1.807, 2.05) is 55.5 Å². The van der Waals surface area contributed by atoms with Gasteiger partial charge in [-0.05, 0) is 69.3 Å². The van der Waals surface area contributed by atoms with Gasteiger partial charge in [0.15, 0.2) is 11.0 Å². The van der Waals surface area contributed by atoms with Crippen LogP contribution in [0.25, 0.3) is 17.1 Å². The predicted molar refractivity (Wildman–Crippen MR) is 141 cm³/mol. The van der Waals surface area contributed by atoms with Crippen LogP contribution in [0.3, 0.4) is 0 Å². The molecule has 0 fully saturated rings. The van der Waals surface area contributed by atoms with Crippen LogP contribution in [0.5, 0.6) is 0 Å². The monoisotopic (exact) mass is 489 g/mol. The minimum Gasteiger partial charge on any atom is -0.372 e. The van der Waals surface area contributed by atoms with E-state index in [2.05, 4.69) is 34.3 Å². The van der Waals surface area contributed by atoms with Gasteiger partial charge < -0.3 is 10.2 Å². The third kappa shape index (κ3) is 5.71. The number of halogens is 1. The molecule has 0 bridgehead atoms. The molecule has 0 saturated carbocycles. The van der Waals surface area contributed by atoms with Gasteiger partial charge in [-0.25, -0.2) is 4.39 Å². The first-order valence-corrected chi connectivity index (χ1v) is 12.5. The minimum absolute atomic E-state index is 0.138. The number of aryl methyl sites for hydroxylation is 1. The Bertz CT molecular complexity index is 1280. The molecule has 4 rings (SSSR count). The number of anilines is 2. The summed E-state index contributed by atoms with van der Waals surface area (Å²) in [6, 6.07) is 22.1. The maximum Gasteiger partial charge on any atom is 0.234 e. The number of carbonyl (C=O) groups excluding carboxylic acids is 1. The number of amides is 1. The molecule has 0 aliphatic heterocycles. The summed E-state index contributed by atoms with van der Waals surface area (Å²) in [4.78, 5) is 14.9. The van der Waals surface area contributed by atoms with Gasteiger partial charge in [0, 0.05) is 30.2 Å². The summed E-state index contributed by atoms with van der Waals surface area (Å²) in [5.41, 5.74) is 4.11. The summed E-state index contributed by atoms with van der Waals surface area (Å²) >= 11 is 1.26. The molecule has 0 unspecified atom stereocenters. The van der Waals surface area contributed by atoms with Crippen molar-refractivity contribution in [1.29, 1.82) is 0 Å². The summed E-state index contributed by atoms with van der Waals surface area (Å²) in [7, 11) is 0. The van der Waals surface area contributed by atoms with E-state index in [9.17, 15) is 9.18 Å². The van der Waals surface area contributed by atoms with Crippen LogP contribution in [0.15, 0.2) is 78.0 Å². The molecule has 0 spiro atoms. The van der Waals surface area contributed by atoms with Gasteiger partial charge in [0.2, 0.25) is 5.91 Å². The molecule has 8 heteroatoms. The van der Waals surface area contributed by atoms with Crippen molar-refractivity contribution in [2.24, 2.45) is 0 Å². The van der Waals surface area contributed by atoms with Gasteiger partial charge in [-0.1, -0.05) is 41.6 Å². The molecule has 1 heterocycles. The lowest BCUT2D eigenvalue weighted by atomic mass is 10.2. The standard InChI is InChI=1S/C27H28FN5OS/c1-4-32(5-2)21-16-12-20(13-17-21)29-25(34)18-35-27-31-30-26(23-8-6-7-9-24(23)28)33(27)22-14-10-19(3)11-15-22/h6-17H,4-5,18H2,1-3H3,(H,29,34). The quantitative estimate of drug-likeness (QED) is 0.294. The Kier molecular flexibility index (Phi) is 7.82. The highest BCUT2D eigenvalue weighted by Gasteiger charge is 2.19. The lowest BCUT2D eigenvalue weighted by molar-refractivity contribution is -0.113. The molecule has 0 radical (unpaired) electrons. The van der Waals surface area contributed by atoms with E-state index in [0.29, 0.717) is 16.5 Å². The van der Waals surface area contributed by atoms with Crippen LogP contribution in [0.1, 0.15) is 19.4 Å². The average molecular weight is 490 g/mol. The molecule has 3 aromatic carbocycles. The van der Waals surface area contributed by atoms with Crippen molar-refractivity contribution in [3.63, 3.8) is 0 Å². The van der Waals surface area contributed by atoms with Crippen LogP contribution in [0, 0.1) is 12.7 Å². The smallest absolute Gasteiger partial charge is 0.234 e. The molecule has 180 valence electrons. The fourth-order valence-corrected chi connectivity index (χ4v) is 4.53. The topological polar surface area (TPSA) is 63.1 Å². The van der Waals surface area contributed by atoms with E-state index >= 15 is 0 Å². The molecule has 4 aromatic rings. The van der Waals surface area contributed by atoms with Gasteiger partial charge >= 0.3 is 0 Å². The SMILES string of the molecule is CCN(CC)c1ccc(NC(=O)CSc2nnc(-c3ccccc3F)n2-c2ccc(C)cc2)cc1. The lowest BCUT2D eigenvalue weighted by Gasteiger charge is -2.21. The number of hydrogen-bond donors (Lipinski definition) is 1. The third-order valence-corrected chi connectivity index (χ3v) is 6.58. The first-order valence-electron chi connectivity index (χ1n) is 11.5. The second-order valence-electron chi connectivity index (χ2n) is 8.01. The molecule has 0 atom stereocenters. The van der Waals surface area contributed by atoms with Gasteiger partial charge in [0.1, 0.15) is 5.82 Å². The number of nitrogens with one attached hydrogen (secondary N) is 1. The van der Waals surface area contributed by atoms with E-state index in [0.717, 1.165) is 35.7 Å². The Morgan fingerprint density at radius 2 is 1.66 bits per heavy atom. The first kappa shape index (κ1) is 24.5. The molecule has 1 amide bonds. The number of benzene rings is 3. The van der Waals surface area contributed by atoms with Gasteiger partial charge in [0.05, 0.1) is 11.3 Å². The minimum atomic E-state index is -0.379. The van der Waals surface area contributed by atoms with Crippen LogP contribution in [-0.2, 0) is 4.79 Å². The summed E-state index contributed by atoms with van der Waals surface area (Å²) in [6.45, 7) is 8.08. The van der Waals surface area contributed by atoms with Gasteiger partial charge in [0.25, 0.3) is 0 Å². The average Bonchev–Trinajstić information content (AvgIpc) is 3.29. The summed E-state index contributed by atoms with van der Waals surface area (Å²) in [5.74, 6) is -0.00644. The Morgan fingerprint density at radius 3 is 2.31 bits per heavy atom. The Hall–Kier alpha value is -3.65. The summed E-state index contributed by atoms with van der Waals surface area (Å²) in [5, 5.41) is 12.0. The molecule has 6 nitrogen and oxygen atoms in total. The highest BCUT2D eigenvalue weighted by molar-refractivity contribution is 7.99. The number of rotatable bonds is 9. The summed E-state index contributed by atoms with van der Waals surface area (Å²) < 4.78 is 16.4. The maximum absolute atomic E-state index is 14.6. The van der Waals surface area contributed by atoms with Crippen LogP contribution in [-0.4, -0.2) is 39.5 Å². The molecule has 35 heavy (non-hydrogen) atoms. The fraction of sp³-hybridized carbons (Fsp3) is 0.222. The third-order valence-electron chi connectivity index (χ3n) is 5.65. The predicted octanol–water partition coefficient (Wildman–Crippen LogP) is 5.96. The number of thioether (sulfide) groups is 1. The second-order valence-corrected chi connectivity index (χ2v) is 8.96. The molecule has 1 aromatic heterocycles. The van der Waals surface area contributed by atoms with Crippen molar-refractivity contribution in [3.05, 3.63) is 84.2 Å². The normalized spacial score (nSPS) is 10.9. The zero-order chi connectivity index (χ0) is 24.8. The highest BCUT2D eigenvalue weighted by Crippen LogP contribution is 2.29.